The highest BCUT2D eigenvalue weighted by molar-refractivity contribution is 7.90. The highest BCUT2D eigenvalue weighted by Crippen LogP contribution is 2.30. The Balaban J connectivity index is 1.90. The van der Waals surface area contributed by atoms with Crippen molar-refractivity contribution in [2.24, 2.45) is 0 Å². The van der Waals surface area contributed by atoms with Gasteiger partial charge in [-0.25, -0.2) is 12.7 Å². The lowest BCUT2D eigenvalue weighted by Crippen LogP contribution is -2.51. The molecule has 0 aliphatic carbocycles. The van der Waals surface area contributed by atoms with E-state index in [1.54, 1.807) is 18.2 Å². The lowest BCUT2D eigenvalue weighted by Gasteiger charge is -2.30. The quantitative estimate of drug-likeness (QED) is 0.586. The largest absolute Gasteiger partial charge is 0.354 e. The molecule has 3 amide bonds. The van der Waals surface area contributed by atoms with Crippen LogP contribution < -0.4 is 5.32 Å². The number of amides is 3. The van der Waals surface area contributed by atoms with E-state index in [1.807, 2.05) is 6.92 Å². The molecular weight excluding hydrogens is 489 g/mol. The number of benzene rings is 2. The maximum Gasteiger partial charge on any atom is 0.269 e. The molecule has 33 heavy (non-hydrogen) atoms. The summed E-state index contributed by atoms with van der Waals surface area (Å²) < 4.78 is 26.3. The van der Waals surface area contributed by atoms with Crippen LogP contribution in [0.25, 0.3) is 0 Å². The van der Waals surface area contributed by atoms with E-state index in [1.165, 1.54) is 36.1 Å². The molecule has 0 fully saturated rings. The third-order valence-corrected chi connectivity index (χ3v) is 7.64. The fraction of sp³-hybridized carbons (Fsp3) is 0.318. The van der Waals surface area contributed by atoms with Crippen molar-refractivity contribution in [1.29, 1.82) is 0 Å². The predicted octanol–water partition coefficient (Wildman–Crippen LogP) is 3.08. The van der Waals surface area contributed by atoms with Gasteiger partial charge in [-0.1, -0.05) is 48.3 Å². The minimum absolute atomic E-state index is 0.00586. The zero-order valence-corrected chi connectivity index (χ0v) is 20.4. The van der Waals surface area contributed by atoms with Gasteiger partial charge >= 0.3 is 0 Å². The van der Waals surface area contributed by atoms with E-state index < -0.39 is 40.3 Å². The number of rotatable bonds is 8. The van der Waals surface area contributed by atoms with Gasteiger partial charge in [0.1, 0.15) is 17.5 Å². The number of halogens is 2. The zero-order valence-electron chi connectivity index (χ0n) is 18.0. The van der Waals surface area contributed by atoms with E-state index in [9.17, 15) is 22.8 Å². The fourth-order valence-corrected chi connectivity index (χ4v) is 5.40. The van der Waals surface area contributed by atoms with Gasteiger partial charge in [0.25, 0.3) is 15.9 Å². The molecule has 1 atom stereocenters. The summed E-state index contributed by atoms with van der Waals surface area (Å²) in [7, 11) is -4.18. The molecule has 1 aliphatic rings. The van der Waals surface area contributed by atoms with Crippen LogP contribution in [0.3, 0.4) is 0 Å². The number of nitrogens with zero attached hydrogens (tertiary/aromatic N) is 2. The molecule has 0 aromatic heterocycles. The van der Waals surface area contributed by atoms with Crippen LogP contribution in [0.5, 0.6) is 0 Å². The maximum atomic E-state index is 13.3. The van der Waals surface area contributed by atoms with Crippen LogP contribution in [0.1, 0.15) is 36.2 Å². The average Bonchev–Trinajstić information content (AvgIpc) is 2.97. The van der Waals surface area contributed by atoms with Crippen molar-refractivity contribution in [3.63, 3.8) is 0 Å². The number of sulfonamides is 1. The summed E-state index contributed by atoms with van der Waals surface area (Å²) in [5.74, 6) is -1.91. The SMILES string of the molecule is CCCNC(=O)C(C)N(Cc1ccc(Cl)cc1Cl)C(=O)CN1C(=O)c2ccccc2S1(=O)=O. The smallest absolute Gasteiger partial charge is 0.269 e. The van der Waals surface area contributed by atoms with Crippen LogP contribution in [0, 0.1) is 0 Å². The van der Waals surface area contributed by atoms with Crippen LogP contribution in [-0.4, -0.2) is 54.5 Å². The first kappa shape index (κ1) is 25.0. The Kier molecular flexibility index (Phi) is 7.66. The van der Waals surface area contributed by atoms with Crippen LogP contribution in [0.15, 0.2) is 47.4 Å². The Bertz CT molecular complexity index is 1200. The Labute approximate surface area is 202 Å². The molecule has 2 aromatic rings. The summed E-state index contributed by atoms with van der Waals surface area (Å²) in [5.41, 5.74) is 0.523. The van der Waals surface area contributed by atoms with Gasteiger partial charge in [-0.2, -0.15) is 0 Å². The van der Waals surface area contributed by atoms with Gasteiger partial charge in [0.15, 0.2) is 0 Å². The Morgan fingerprint density at radius 1 is 1.15 bits per heavy atom. The van der Waals surface area contributed by atoms with Crippen molar-refractivity contribution in [1.82, 2.24) is 14.5 Å². The third kappa shape index (κ3) is 5.15. The van der Waals surface area contributed by atoms with E-state index >= 15 is 0 Å². The number of hydrogen-bond donors (Lipinski definition) is 1. The van der Waals surface area contributed by atoms with Crippen molar-refractivity contribution in [3.05, 3.63) is 63.6 Å². The number of carbonyl (C=O) groups excluding carboxylic acids is 3. The molecule has 1 heterocycles. The summed E-state index contributed by atoms with van der Waals surface area (Å²) in [4.78, 5) is 39.7. The summed E-state index contributed by atoms with van der Waals surface area (Å²) in [6.07, 6.45) is 0.703. The molecule has 176 valence electrons. The number of nitrogens with one attached hydrogen (secondary N) is 1. The second-order valence-electron chi connectivity index (χ2n) is 7.54. The van der Waals surface area contributed by atoms with Gasteiger partial charge < -0.3 is 10.2 Å². The second-order valence-corrected chi connectivity index (χ2v) is 10.2. The van der Waals surface area contributed by atoms with Crippen molar-refractivity contribution in [3.8, 4) is 0 Å². The second kappa shape index (κ2) is 10.1. The molecule has 1 aliphatic heterocycles. The van der Waals surface area contributed by atoms with E-state index in [0.29, 0.717) is 32.9 Å². The van der Waals surface area contributed by atoms with E-state index in [0.717, 1.165) is 0 Å². The first-order valence-corrected chi connectivity index (χ1v) is 12.4. The number of carbonyl (C=O) groups is 3. The number of fused-ring (bicyclic) bond motifs is 1. The lowest BCUT2D eigenvalue weighted by molar-refractivity contribution is -0.140. The minimum Gasteiger partial charge on any atom is -0.354 e. The van der Waals surface area contributed by atoms with Crippen molar-refractivity contribution in [2.75, 3.05) is 13.1 Å². The molecule has 3 rings (SSSR count). The van der Waals surface area contributed by atoms with Gasteiger partial charge in [-0.15, -0.1) is 0 Å². The van der Waals surface area contributed by atoms with Crippen molar-refractivity contribution in [2.45, 2.75) is 37.8 Å². The van der Waals surface area contributed by atoms with Crippen LogP contribution in [-0.2, 0) is 26.2 Å². The average molecular weight is 512 g/mol. The molecule has 0 radical (unpaired) electrons. The summed E-state index contributed by atoms with van der Waals surface area (Å²) in [6, 6.07) is 9.54. The Morgan fingerprint density at radius 3 is 2.48 bits per heavy atom. The standard InChI is InChI=1S/C22H23Cl2N3O5S/c1-3-10-25-21(29)14(2)26(12-15-8-9-16(23)11-18(15)24)20(28)13-27-22(30)17-6-4-5-7-19(17)33(27,31)32/h4-9,11,14H,3,10,12-13H2,1-2H3,(H,25,29). The molecular formula is C22H23Cl2N3O5S. The van der Waals surface area contributed by atoms with Gasteiger partial charge in [0, 0.05) is 23.1 Å². The van der Waals surface area contributed by atoms with E-state index in [4.69, 9.17) is 23.2 Å². The van der Waals surface area contributed by atoms with Gasteiger partial charge in [0.05, 0.1) is 5.56 Å². The topological polar surface area (TPSA) is 104 Å². The summed E-state index contributed by atoms with van der Waals surface area (Å²) in [5, 5.41) is 3.42. The molecule has 1 N–H and O–H groups in total. The minimum atomic E-state index is -4.18. The number of hydrogen-bond acceptors (Lipinski definition) is 5. The van der Waals surface area contributed by atoms with Gasteiger partial charge in [0.2, 0.25) is 11.8 Å². The molecule has 0 bridgehead atoms. The van der Waals surface area contributed by atoms with Gasteiger partial charge in [-0.05, 0) is 43.2 Å². The van der Waals surface area contributed by atoms with Crippen LogP contribution in [0.4, 0.5) is 0 Å². The molecule has 11 heteroatoms. The first-order chi connectivity index (χ1) is 15.6. The van der Waals surface area contributed by atoms with E-state index in [2.05, 4.69) is 5.32 Å². The fourth-order valence-electron chi connectivity index (χ4n) is 3.41. The van der Waals surface area contributed by atoms with Gasteiger partial charge in [-0.3, -0.25) is 14.4 Å². The normalized spacial score (nSPS) is 15.2. The highest BCUT2D eigenvalue weighted by atomic mass is 35.5. The first-order valence-electron chi connectivity index (χ1n) is 10.2. The van der Waals surface area contributed by atoms with Crippen LogP contribution >= 0.6 is 23.2 Å². The Morgan fingerprint density at radius 2 is 1.85 bits per heavy atom. The zero-order chi connectivity index (χ0) is 24.3. The van der Waals surface area contributed by atoms with Crippen LogP contribution in [0.2, 0.25) is 10.0 Å². The van der Waals surface area contributed by atoms with Crippen molar-refractivity contribution < 1.29 is 22.8 Å². The molecule has 0 spiro atoms. The molecule has 0 saturated carbocycles. The molecule has 8 nitrogen and oxygen atoms in total. The lowest BCUT2D eigenvalue weighted by atomic mass is 10.1. The van der Waals surface area contributed by atoms with Crippen molar-refractivity contribution >= 4 is 50.9 Å². The summed E-state index contributed by atoms with van der Waals surface area (Å²) in [6.45, 7) is 3.02. The molecule has 1 unspecified atom stereocenters. The molecule has 2 aromatic carbocycles. The third-order valence-electron chi connectivity index (χ3n) is 5.26. The predicted molar refractivity (Wildman–Crippen MR) is 124 cm³/mol. The van der Waals surface area contributed by atoms with E-state index in [-0.39, 0.29) is 17.0 Å². The highest BCUT2D eigenvalue weighted by Gasteiger charge is 2.43. The Hall–Kier alpha value is -2.62. The monoisotopic (exact) mass is 511 g/mol. The summed E-state index contributed by atoms with van der Waals surface area (Å²) >= 11 is 12.2. The maximum absolute atomic E-state index is 13.3. The molecule has 0 saturated heterocycles.